The molecule has 1 aliphatic rings. The summed E-state index contributed by atoms with van der Waals surface area (Å²) >= 11 is 0. The average Bonchev–Trinajstić information content (AvgIpc) is 2.75. The smallest absolute Gasteiger partial charge is 0.387 e. The van der Waals surface area contributed by atoms with Crippen LogP contribution in [0, 0.1) is 0 Å². The number of hydrogen-bond donors (Lipinski definition) is 6. The molecule has 0 aromatic carbocycles. The first-order valence-corrected chi connectivity index (χ1v) is 12.1. The highest BCUT2D eigenvalue weighted by atomic mass is 31.3. The molecule has 0 radical (unpaired) electrons. The molecule has 7 N–H and O–H groups in total. The Morgan fingerprint density at radius 2 is 1.87 bits per heavy atom. The summed E-state index contributed by atoms with van der Waals surface area (Å²) in [6.07, 6.45) is -4.99. The Labute approximate surface area is 166 Å². The molecule has 6 atom stereocenters. The van der Waals surface area contributed by atoms with Crippen LogP contribution in [0.2, 0.25) is 0 Å². The molecule has 1 saturated heterocycles. The maximum absolute atomic E-state index is 14.5. The van der Waals surface area contributed by atoms with E-state index in [1.165, 1.54) is 0 Å². The molecule has 1 aromatic heterocycles. The zero-order valence-electron chi connectivity index (χ0n) is 14.8. The fourth-order valence-electron chi connectivity index (χ4n) is 2.37. The number of halogens is 1. The van der Waals surface area contributed by atoms with Crippen LogP contribution in [-0.2, 0) is 31.6 Å². The van der Waals surface area contributed by atoms with Gasteiger partial charge in [0.2, 0.25) is 0 Å². The normalized spacial score (nSPS) is 31.2. The van der Waals surface area contributed by atoms with E-state index < -0.39 is 59.9 Å². The van der Waals surface area contributed by atoms with Gasteiger partial charge in [0, 0.05) is 6.20 Å². The Balaban J connectivity index is 2.14. The van der Waals surface area contributed by atoms with E-state index in [0.717, 1.165) is 19.2 Å². The van der Waals surface area contributed by atoms with E-state index in [1.807, 2.05) is 0 Å². The van der Waals surface area contributed by atoms with Crippen LogP contribution in [0.5, 0.6) is 0 Å². The summed E-state index contributed by atoms with van der Waals surface area (Å²) in [4.78, 5) is 50.7. The number of phosphoric acid groups is 3. The second-order valence-electron chi connectivity index (χ2n) is 6.12. The van der Waals surface area contributed by atoms with Gasteiger partial charge in [0.15, 0.2) is 12.4 Å². The molecular formula is C10H17FN3O13P3. The quantitative estimate of drug-likeness (QED) is 0.238. The van der Waals surface area contributed by atoms with Crippen LogP contribution in [0.1, 0.15) is 13.2 Å². The fourth-order valence-corrected chi connectivity index (χ4v) is 5.48. The van der Waals surface area contributed by atoms with E-state index in [1.54, 1.807) is 0 Å². The van der Waals surface area contributed by atoms with Gasteiger partial charge in [-0.15, -0.1) is 0 Å². The second kappa shape index (κ2) is 8.47. The van der Waals surface area contributed by atoms with Crippen molar-refractivity contribution in [3.8, 4) is 0 Å². The first-order chi connectivity index (χ1) is 13.4. The molecule has 2 heterocycles. The number of aliphatic hydroxyl groups excluding tert-OH is 1. The zero-order valence-corrected chi connectivity index (χ0v) is 17.5. The highest BCUT2D eigenvalue weighted by Gasteiger charge is 2.55. The van der Waals surface area contributed by atoms with E-state index in [4.69, 9.17) is 25.2 Å². The van der Waals surface area contributed by atoms with Gasteiger partial charge in [-0.1, -0.05) is 0 Å². The highest BCUT2D eigenvalue weighted by Crippen LogP contribution is 2.66. The van der Waals surface area contributed by atoms with Crippen molar-refractivity contribution < 1.29 is 60.6 Å². The summed E-state index contributed by atoms with van der Waals surface area (Å²) in [6, 6.07) is 1.14. The number of alkyl halides is 1. The lowest BCUT2D eigenvalue weighted by Gasteiger charge is -2.27. The molecule has 2 rings (SSSR count). The van der Waals surface area contributed by atoms with Gasteiger partial charge in [0.25, 0.3) is 0 Å². The first kappa shape index (κ1) is 25.2. The monoisotopic (exact) mass is 499 g/mol. The van der Waals surface area contributed by atoms with Crippen molar-refractivity contribution in [3.05, 3.63) is 22.7 Å². The first-order valence-electron chi connectivity index (χ1n) is 7.58. The Morgan fingerprint density at radius 1 is 1.27 bits per heavy atom. The number of nitrogens with two attached hydrogens (primary N) is 1. The van der Waals surface area contributed by atoms with Gasteiger partial charge in [0.05, 0.1) is 6.61 Å². The molecule has 1 fully saturated rings. The van der Waals surface area contributed by atoms with Crippen LogP contribution in [-0.4, -0.2) is 58.7 Å². The number of ether oxygens (including phenoxy) is 1. The average molecular weight is 499 g/mol. The van der Waals surface area contributed by atoms with Crippen molar-refractivity contribution in [1.82, 2.24) is 9.55 Å². The van der Waals surface area contributed by atoms with Crippen LogP contribution in [0.25, 0.3) is 0 Å². The number of rotatable bonds is 8. The van der Waals surface area contributed by atoms with Crippen LogP contribution >= 0.6 is 23.5 Å². The molecule has 0 spiro atoms. The minimum absolute atomic E-state index is 0.166. The molecule has 1 aliphatic heterocycles. The van der Waals surface area contributed by atoms with Gasteiger partial charge in [0.1, 0.15) is 17.5 Å². The molecule has 30 heavy (non-hydrogen) atoms. The second-order valence-corrected chi connectivity index (χ2v) is 10.5. The molecule has 1 aromatic rings. The summed E-state index contributed by atoms with van der Waals surface area (Å²) in [5, 5.41) is 10.1. The number of hydrogen-bond acceptors (Lipinski definition) is 11. The summed E-state index contributed by atoms with van der Waals surface area (Å²) in [5.74, 6) is -0.166. The van der Waals surface area contributed by atoms with Gasteiger partial charge in [-0.3, -0.25) is 9.09 Å². The molecular weight excluding hydrogens is 482 g/mol. The van der Waals surface area contributed by atoms with Crippen LogP contribution < -0.4 is 11.4 Å². The summed E-state index contributed by atoms with van der Waals surface area (Å²) < 4.78 is 65.5. The van der Waals surface area contributed by atoms with Gasteiger partial charge < -0.3 is 35.2 Å². The molecule has 0 saturated carbocycles. The van der Waals surface area contributed by atoms with E-state index in [9.17, 15) is 32.9 Å². The van der Waals surface area contributed by atoms with E-state index in [-0.39, 0.29) is 5.82 Å². The largest absolute Gasteiger partial charge is 0.490 e. The molecule has 20 heteroatoms. The van der Waals surface area contributed by atoms with Crippen molar-refractivity contribution in [1.29, 1.82) is 0 Å². The predicted molar refractivity (Wildman–Crippen MR) is 92.2 cm³/mol. The standard InChI is InChI=1S/C10H17FN3O13P3/c1-10(4-24-29(20,21)27-30(22,23)26-28(17,18)19)7(15)6(11)8(25-10)14-3-2-5(12)13-9(14)16/h2-3,6-8,15H,4H2,1H3,(H,20,21)(H,22,23)(H2,12,13,16)(H2,17,18,19)/t6-,7-,8+,10+/m0/s1. The Hall–Kier alpha value is -1.06. The lowest BCUT2D eigenvalue weighted by molar-refractivity contribution is -0.115. The minimum atomic E-state index is -5.76. The third-order valence-electron chi connectivity index (χ3n) is 3.65. The predicted octanol–water partition coefficient (Wildman–Crippen LogP) is -0.845. The molecule has 0 amide bonds. The van der Waals surface area contributed by atoms with Crippen LogP contribution in [0.15, 0.2) is 17.1 Å². The molecule has 0 bridgehead atoms. The highest BCUT2D eigenvalue weighted by molar-refractivity contribution is 7.66. The molecule has 2 unspecified atom stereocenters. The molecule has 0 aliphatic carbocycles. The number of nitrogen functional groups attached to an aromatic ring is 1. The maximum atomic E-state index is 14.5. The van der Waals surface area contributed by atoms with E-state index in [2.05, 4.69) is 18.1 Å². The van der Waals surface area contributed by atoms with Crippen molar-refractivity contribution in [3.63, 3.8) is 0 Å². The third kappa shape index (κ3) is 6.23. The molecule has 172 valence electrons. The lowest BCUT2D eigenvalue weighted by atomic mass is 9.99. The SMILES string of the molecule is C[C@]1(COP(=O)(O)OP(=O)(O)OP(=O)(O)O)O[C@@H](n2ccc(N)nc2=O)[C@@H](F)[C@@H]1O. The van der Waals surface area contributed by atoms with Crippen LogP contribution in [0.3, 0.4) is 0 Å². The maximum Gasteiger partial charge on any atom is 0.490 e. The van der Waals surface area contributed by atoms with E-state index in [0.29, 0.717) is 4.57 Å². The topological polar surface area (TPSA) is 250 Å². The minimum Gasteiger partial charge on any atom is -0.387 e. The van der Waals surface area contributed by atoms with Crippen molar-refractivity contribution in [2.24, 2.45) is 0 Å². The Bertz CT molecular complexity index is 999. The zero-order chi connectivity index (χ0) is 23.1. The van der Waals surface area contributed by atoms with Crippen molar-refractivity contribution in [2.75, 3.05) is 12.3 Å². The fraction of sp³-hybridized carbons (Fsp3) is 0.600. The van der Waals surface area contributed by atoms with Gasteiger partial charge in [-0.2, -0.15) is 13.6 Å². The van der Waals surface area contributed by atoms with Gasteiger partial charge >= 0.3 is 29.2 Å². The van der Waals surface area contributed by atoms with Crippen molar-refractivity contribution >= 4 is 29.3 Å². The number of aliphatic hydroxyl groups is 1. The Kier molecular flexibility index (Phi) is 7.11. The Morgan fingerprint density at radius 3 is 2.40 bits per heavy atom. The molecule has 16 nitrogen and oxygen atoms in total. The third-order valence-corrected chi connectivity index (χ3v) is 7.43. The van der Waals surface area contributed by atoms with E-state index >= 15 is 0 Å². The number of aromatic nitrogens is 2. The number of phosphoric ester groups is 1. The summed E-state index contributed by atoms with van der Waals surface area (Å²) in [7, 11) is -16.9. The summed E-state index contributed by atoms with van der Waals surface area (Å²) in [6.45, 7) is -0.114. The lowest BCUT2D eigenvalue weighted by Crippen LogP contribution is -2.43. The number of anilines is 1. The number of nitrogens with zero attached hydrogens (tertiary/aromatic N) is 2. The van der Waals surface area contributed by atoms with Crippen LogP contribution in [0.4, 0.5) is 10.2 Å². The van der Waals surface area contributed by atoms with Gasteiger partial charge in [-0.05, 0) is 13.0 Å². The van der Waals surface area contributed by atoms with Crippen molar-refractivity contribution in [2.45, 2.75) is 31.0 Å². The van der Waals surface area contributed by atoms with Gasteiger partial charge in [-0.25, -0.2) is 22.9 Å². The summed E-state index contributed by atoms with van der Waals surface area (Å²) in [5.41, 5.74) is 2.21.